The molecule has 0 aliphatic rings. The number of hydrogen-bond donors (Lipinski definition) is 3. The zero-order valence-electron chi connectivity index (χ0n) is 23.3. The minimum Gasteiger partial charge on any atom is -0.496 e. The van der Waals surface area contributed by atoms with Crippen molar-refractivity contribution in [1.82, 2.24) is 10.6 Å². The predicted octanol–water partition coefficient (Wildman–Crippen LogP) is 6.26. The number of nitrogens with zero attached hydrogens (tertiary/aromatic N) is 1. The predicted molar refractivity (Wildman–Crippen MR) is 157 cm³/mol. The van der Waals surface area contributed by atoms with Gasteiger partial charge in [0.15, 0.2) is 0 Å². The van der Waals surface area contributed by atoms with Crippen LogP contribution in [-0.4, -0.2) is 43.9 Å². The summed E-state index contributed by atoms with van der Waals surface area (Å²) in [5, 5.41) is 15.9. The van der Waals surface area contributed by atoms with Crippen molar-refractivity contribution in [3.8, 4) is 16.9 Å². The summed E-state index contributed by atoms with van der Waals surface area (Å²) in [6.45, 7) is 3.27. The average Bonchev–Trinajstić information content (AvgIpc) is 2.96. The van der Waals surface area contributed by atoms with Gasteiger partial charge < -0.3 is 15.2 Å². The Hall–Kier alpha value is -3.84. The molecule has 0 aromatic heterocycles. The average molecular weight is 532 g/mol. The third-order valence-corrected chi connectivity index (χ3v) is 6.85. The lowest BCUT2D eigenvalue weighted by molar-refractivity contribution is -0.139. The summed E-state index contributed by atoms with van der Waals surface area (Å²) in [5.74, 6) is -0.171. The number of ether oxygens (including phenoxy) is 1. The van der Waals surface area contributed by atoms with E-state index in [1.807, 2.05) is 72.8 Å². The Kier molecular flexibility index (Phi) is 11.8. The molecule has 7 nitrogen and oxygen atoms in total. The van der Waals surface area contributed by atoms with E-state index in [4.69, 9.17) is 4.74 Å². The van der Waals surface area contributed by atoms with Gasteiger partial charge in [-0.05, 0) is 47.7 Å². The number of rotatable bonds is 15. The first-order valence-electron chi connectivity index (χ1n) is 13.7. The second kappa shape index (κ2) is 15.5. The normalized spacial score (nSPS) is 11.6. The molecular weight excluding hydrogens is 490 g/mol. The second-order valence-corrected chi connectivity index (χ2v) is 9.74. The third-order valence-electron chi connectivity index (χ3n) is 6.85. The standard InChI is InChI=1S/C32H41N3O4/c1-4-5-6-7-10-20-33-32(38)35(2)28-14-11-13-26(22-28)25-18-16-24(17-19-25)21-29(31(36)37)34-23-27-12-8-9-15-30(27)39-3/h8-9,11-19,22,29,34H,4-7,10,20-21,23H2,1-3H3,(H,33,38)(H,36,37)/t29-/m0/s1. The highest BCUT2D eigenvalue weighted by Crippen LogP contribution is 2.25. The molecule has 0 aliphatic heterocycles. The lowest BCUT2D eigenvalue weighted by Gasteiger charge is -2.19. The summed E-state index contributed by atoms with van der Waals surface area (Å²) in [7, 11) is 3.38. The van der Waals surface area contributed by atoms with Crippen LogP contribution in [0, 0.1) is 0 Å². The van der Waals surface area contributed by atoms with E-state index >= 15 is 0 Å². The highest BCUT2D eigenvalue weighted by molar-refractivity contribution is 5.92. The number of carboxylic acid groups (broad SMARTS) is 1. The summed E-state index contributed by atoms with van der Waals surface area (Å²) in [6, 6.07) is 22.5. The quantitative estimate of drug-likeness (QED) is 0.201. The minimum absolute atomic E-state index is 0.113. The number of unbranched alkanes of at least 4 members (excludes halogenated alkanes) is 4. The van der Waals surface area contributed by atoms with E-state index in [0.29, 0.717) is 19.5 Å². The van der Waals surface area contributed by atoms with Crippen LogP contribution in [-0.2, 0) is 17.8 Å². The smallest absolute Gasteiger partial charge is 0.321 e. The number of aliphatic carboxylic acids is 1. The second-order valence-electron chi connectivity index (χ2n) is 9.74. The van der Waals surface area contributed by atoms with Crippen LogP contribution in [0.5, 0.6) is 5.75 Å². The van der Waals surface area contributed by atoms with Crippen molar-refractivity contribution in [2.45, 2.75) is 58.0 Å². The van der Waals surface area contributed by atoms with Crippen LogP contribution in [0.1, 0.15) is 50.2 Å². The van der Waals surface area contributed by atoms with Gasteiger partial charge in [0.25, 0.3) is 0 Å². The van der Waals surface area contributed by atoms with Crippen molar-refractivity contribution in [2.24, 2.45) is 0 Å². The molecule has 0 aliphatic carbocycles. The topological polar surface area (TPSA) is 90.9 Å². The number of carbonyl (C=O) groups excluding carboxylic acids is 1. The van der Waals surface area contributed by atoms with Gasteiger partial charge in [-0.3, -0.25) is 15.0 Å². The van der Waals surface area contributed by atoms with Gasteiger partial charge >= 0.3 is 12.0 Å². The van der Waals surface area contributed by atoms with Crippen LogP contribution in [0.15, 0.2) is 72.8 Å². The molecule has 2 amide bonds. The first-order valence-corrected chi connectivity index (χ1v) is 13.7. The largest absolute Gasteiger partial charge is 0.496 e. The summed E-state index contributed by atoms with van der Waals surface area (Å²) in [6.07, 6.45) is 6.13. The first kappa shape index (κ1) is 29.7. The SMILES string of the molecule is CCCCCCCNC(=O)N(C)c1cccc(-c2ccc(C[C@H](NCc3ccccc3OC)C(=O)O)cc2)c1. The fourth-order valence-electron chi connectivity index (χ4n) is 4.45. The van der Waals surface area contributed by atoms with Crippen LogP contribution >= 0.6 is 0 Å². The maximum Gasteiger partial charge on any atom is 0.321 e. The van der Waals surface area contributed by atoms with Crippen molar-refractivity contribution in [1.29, 1.82) is 0 Å². The monoisotopic (exact) mass is 531 g/mol. The van der Waals surface area contributed by atoms with Crippen LogP contribution in [0.4, 0.5) is 10.5 Å². The van der Waals surface area contributed by atoms with E-state index in [-0.39, 0.29) is 6.03 Å². The van der Waals surface area contributed by atoms with Gasteiger partial charge in [0, 0.05) is 31.4 Å². The number of hydrogen-bond acceptors (Lipinski definition) is 4. The minimum atomic E-state index is -0.899. The number of anilines is 1. The number of benzene rings is 3. The summed E-state index contributed by atoms with van der Waals surface area (Å²) in [4.78, 5) is 26.2. The van der Waals surface area contributed by atoms with Crippen molar-refractivity contribution >= 4 is 17.7 Å². The van der Waals surface area contributed by atoms with Gasteiger partial charge in [-0.25, -0.2) is 4.79 Å². The molecule has 39 heavy (non-hydrogen) atoms. The van der Waals surface area contributed by atoms with E-state index in [0.717, 1.165) is 46.5 Å². The van der Waals surface area contributed by atoms with Crippen LogP contribution in [0.25, 0.3) is 11.1 Å². The van der Waals surface area contributed by atoms with Gasteiger partial charge in [0.05, 0.1) is 7.11 Å². The number of nitrogens with one attached hydrogen (secondary N) is 2. The van der Waals surface area contributed by atoms with Gasteiger partial charge in [0.2, 0.25) is 0 Å². The Labute approximate surface area is 232 Å². The van der Waals surface area contributed by atoms with E-state index in [9.17, 15) is 14.7 Å². The molecule has 0 unspecified atom stereocenters. The fourth-order valence-corrected chi connectivity index (χ4v) is 4.45. The molecule has 7 heteroatoms. The van der Waals surface area contributed by atoms with E-state index in [1.165, 1.54) is 19.3 Å². The summed E-state index contributed by atoms with van der Waals surface area (Å²) < 4.78 is 5.37. The lowest BCUT2D eigenvalue weighted by Crippen LogP contribution is -2.38. The Morgan fingerprint density at radius 2 is 1.67 bits per heavy atom. The van der Waals surface area contributed by atoms with E-state index in [1.54, 1.807) is 19.1 Å². The molecule has 0 saturated heterocycles. The van der Waals surface area contributed by atoms with Gasteiger partial charge in [0.1, 0.15) is 11.8 Å². The number of urea groups is 1. The molecule has 3 N–H and O–H groups in total. The Morgan fingerprint density at radius 1 is 0.923 bits per heavy atom. The molecule has 0 bridgehead atoms. The molecule has 1 atom stereocenters. The van der Waals surface area contributed by atoms with Crippen molar-refractivity contribution in [3.63, 3.8) is 0 Å². The molecule has 0 fully saturated rings. The molecule has 0 heterocycles. The van der Waals surface area contributed by atoms with Crippen molar-refractivity contribution in [2.75, 3.05) is 25.6 Å². The molecule has 3 aromatic carbocycles. The van der Waals surface area contributed by atoms with Gasteiger partial charge in [-0.1, -0.05) is 87.2 Å². The summed E-state index contributed by atoms with van der Waals surface area (Å²) >= 11 is 0. The van der Waals surface area contributed by atoms with Crippen LogP contribution in [0.3, 0.4) is 0 Å². The highest BCUT2D eigenvalue weighted by Gasteiger charge is 2.18. The molecule has 208 valence electrons. The molecule has 0 saturated carbocycles. The summed E-state index contributed by atoms with van der Waals surface area (Å²) in [5.41, 5.74) is 4.63. The highest BCUT2D eigenvalue weighted by atomic mass is 16.5. The van der Waals surface area contributed by atoms with E-state index in [2.05, 4.69) is 17.6 Å². The molecule has 3 aromatic rings. The van der Waals surface area contributed by atoms with Gasteiger partial charge in [-0.15, -0.1) is 0 Å². The lowest BCUT2D eigenvalue weighted by atomic mass is 10.00. The number of carboxylic acids is 1. The number of methoxy groups -OCH3 is 1. The van der Waals surface area contributed by atoms with Crippen LogP contribution in [0.2, 0.25) is 0 Å². The van der Waals surface area contributed by atoms with Crippen molar-refractivity contribution in [3.05, 3.63) is 83.9 Å². The number of amides is 2. The molecular formula is C32H41N3O4. The Bertz CT molecular complexity index is 1200. The van der Waals surface area contributed by atoms with E-state index < -0.39 is 12.0 Å². The Morgan fingerprint density at radius 3 is 2.38 bits per heavy atom. The zero-order chi connectivity index (χ0) is 28.0. The Balaban J connectivity index is 1.59. The van der Waals surface area contributed by atoms with Crippen LogP contribution < -0.4 is 20.3 Å². The maximum atomic E-state index is 12.6. The van der Waals surface area contributed by atoms with Crippen molar-refractivity contribution < 1.29 is 19.4 Å². The molecule has 0 spiro atoms. The molecule has 3 rings (SSSR count). The number of carbonyl (C=O) groups is 2. The van der Waals surface area contributed by atoms with Gasteiger partial charge in [-0.2, -0.15) is 0 Å². The zero-order valence-corrected chi connectivity index (χ0v) is 23.3. The molecule has 0 radical (unpaired) electrons. The third kappa shape index (κ3) is 9.14. The first-order chi connectivity index (χ1) is 18.9. The number of para-hydroxylation sites is 1. The maximum absolute atomic E-state index is 12.6. The fraction of sp³-hybridized carbons (Fsp3) is 0.375.